The number of aryl methyl sites for hydroxylation is 1. The highest BCUT2D eigenvalue weighted by atomic mass is 16.6. The van der Waals surface area contributed by atoms with Crippen molar-refractivity contribution in [3.05, 3.63) is 34.6 Å². The lowest BCUT2D eigenvalue weighted by Crippen LogP contribution is -2.45. The molecule has 0 aromatic carbocycles. The van der Waals surface area contributed by atoms with Crippen LogP contribution >= 0.6 is 0 Å². The summed E-state index contributed by atoms with van der Waals surface area (Å²) in [4.78, 5) is 29.8. The van der Waals surface area contributed by atoms with Gasteiger partial charge in [0.25, 0.3) is 5.91 Å². The molecule has 0 radical (unpaired) electrons. The van der Waals surface area contributed by atoms with Crippen molar-refractivity contribution < 1.29 is 19.1 Å². The zero-order valence-corrected chi connectivity index (χ0v) is 17.5. The number of hydrogen-bond donors (Lipinski definition) is 3. The van der Waals surface area contributed by atoms with Gasteiger partial charge in [-0.15, -0.1) is 0 Å². The molecule has 3 N–H and O–H groups in total. The number of fused-ring (bicyclic) bond motifs is 1. The summed E-state index contributed by atoms with van der Waals surface area (Å²) in [6.07, 6.45) is 3.16. The van der Waals surface area contributed by atoms with Gasteiger partial charge in [-0.3, -0.25) is 9.89 Å². The Labute approximate surface area is 174 Å². The number of nitrogens with one attached hydrogen (secondary N) is 3. The molecule has 9 heteroatoms. The van der Waals surface area contributed by atoms with Crippen molar-refractivity contribution in [1.29, 1.82) is 0 Å². The first kappa shape index (κ1) is 20.3. The number of hydrogen-bond acceptors (Lipinski definition) is 7. The maximum Gasteiger partial charge on any atom is 0.338 e. The van der Waals surface area contributed by atoms with Gasteiger partial charge in [0.05, 0.1) is 18.4 Å². The number of H-pyrrole nitrogens is 1. The van der Waals surface area contributed by atoms with Crippen LogP contribution in [0.4, 0.5) is 11.6 Å². The lowest BCUT2D eigenvalue weighted by atomic mass is 9.75. The summed E-state index contributed by atoms with van der Waals surface area (Å²) in [6.45, 7) is 2.54. The molecule has 0 atom stereocenters. The average Bonchev–Trinajstić information content (AvgIpc) is 3.17. The molecule has 3 heterocycles. The molecule has 0 spiro atoms. The van der Waals surface area contributed by atoms with Crippen LogP contribution in [0.3, 0.4) is 0 Å². The fourth-order valence-corrected chi connectivity index (χ4v) is 4.49. The molecule has 0 unspecified atom stereocenters. The van der Waals surface area contributed by atoms with Crippen LogP contribution in [0.15, 0.2) is 12.1 Å². The molecule has 2 aliphatic rings. The second-order valence-corrected chi connectivity index (χ2v) is 7.96. The number of amides is 1. The van der Waals surface area contributed by atoms with E-state index < -0.39 is 5.60 Å². The summed E-state index contributed by atoms with van der Waals surface area (Å²) in [5.41, 5.74) is 2.44. The van der Waals surface area contributed by atoms with Gasteiger partial charge in [-0.1, -0.05) is 0 Å². The number of aromatic nitrogens is 3. The Hall–Kier alpha value is -2.94. The number of ether oxygens (including phenoxy) is 2. The second-order valence-electron chi connectivity index (χ2n) is 7.96. The summed E-state index contributed by atoms with van der Waals surface area (Å²) in [6, 6.07) is 3.83. The number of carbonyl (C=O) groups is 2. The van der Waals surface area contributed by atoms with Gasteiger partial charge in [0.15, 0.2) is 11.4 Å². The topological polar surface area (TPSA) is 118 Å². The number of rotatable bonds is 5. The summed E-state index contributed by atoms with van der Waals surface area (Å²) < 4.78 is 10.5. The van der Waals surface area contributed by atoms with E-state index in [2.05, 4.69) is 20.8 Å². The third-order valence-electron chi connectivity index (χ3n) is 6.13. The minimum absolute atomic E-state index is 0.0539. The van der Waals surface area contributed by atoms with Gasteiger partial charge in [-0.05, 0) is 50.7 Å². The molecule has 9 nitrogen and oxygen atoms in total. The Morgan fingerprint density at radius 2 is 2.00 bits per heavy atom. The van der Waals surface area contributed by atoms with E-state index in [0.29, 0.717) is 49.4 Å². The van der Waals surface area contributed by atoms with E-state index in [1.54, 1.807) is 7.11 Å². The number of anilines is 2. The fourth-order valence-electron chi connectivity index (χ4n) is 4.49. The van der Waals surface area contributed by atoms with Crippen LogP contribution in [-0.4, -0.2) is 53.4 Å². The quantitative estimate of drug-likeness (QED) is 0.644. The van der Waals surface area contributed by atoms with Crippen LogP contribution in [0.1, 0.15) is 58.9 Å². The molecule has 0 bridgehead atoms. The van der Waals surface area contributed by atoms with Gasteiger partial charge in [0, 0.05) is 31.3 Å². The summed E-state index contributed by atoms with van der Waals surface area (Å²) in [5, 5.41) is 13.3. The van der Waals surface area contributed by atoms with Crippen molar-refractivity contribution >= 4 is 23.5 Å². The Morgan fingerprint density at radius 3 is 2.63 bits per heavy atom. The van der Waals surface area contributed by atoms with Crippen molar-refractivity contribution in [3.8, 4) is 0 Å². The highest BCUT2D eigenvalue weighted by molar-refractivity contribution is 5.98. The monoisotopic (exact) mass is 413 g/mol. The van der Waals surface area contributed by atoms with Crippen molar-refractivity contribution in [2.45, 2.75) is 50.5 Å². The number of methoxy groups -OCH3 is 2. The molecular weight excluding hydrogens is 386 g/mol. The van der Waals surface area contributed by atoms with Crippen molar-refractivity contribution in [2.24, 2.45) is 0 Å². The second kappa shape index (κ2) is 8.06. The largest absolute Gasteiger partial charge is 0.467 e. The predicted octanol–water partition coefficient (Wildman–Crippen LogP) is 2.36. The van der Waals surface area contributed by atoms with E-state index in [1.807, 2.05) is 19.1 Å². The molecule has 1 aliphatic carbocycles. The maximum atomic E-state index is 12.7. The van der Waals surface area contributed by atoms with Crippen LogP contribution in [0.2, 0.25) is 0 Å². The zero-order valence-electron chi connectivity index (χ0n) is 17.5. The SMILES string of the molecule is COC(=O)C1(OC)CCC(c2nc(Nc3cc(C)[nH]n3)cc3c2C(=O)NCC3)CC1. The van der Waals surface area contributed by atoms with Gasteiger partial charge in [0.2, 0.25) is 0 Å². The Kier molecular flexibility index (Phi) is 5.46. The van der Waals surface area contributed by atoms with Crippen molar-refractivity contribution in [2.75, 3.05) is 26.1 Å². The first-order chi connectivity index (χ1) is 14.5. The number of pyridine rings is 1. The Morgan fingerprint density at radius 1 is 1.23 bits per heavy atom. The predicted molar refractivity (Wildman–Crippen MR) is 110 cm³/mol. The van der Waals surface area contributed by atoms with Gasteiger partial charge in [0.1, 0.15) is 5.82 Å². The lowest BCUT2D eigenvalue weighted by molar-refractivity contribution is -0.170. The maximum absolute atomic E-state index is 12.7. The van der Waals surface area contributed by atoms with Crippen LogP contribution in [0.5, 0.6) is 0 Å². The molecule has 1 saturated carbocycles. The highest BCUT2D eigenvalue weighted by Gasteiger charge is 2.44. The zero-order chi connectivity index (χ0) is 21.3. The minimum atomic E-state index is -0.921. The molecule has 1 aliphatic heterocycles. The van der Waals surface area contributed by atoms with E-state index >= 15 is 0 Å². The molecule has 4 rings (SSSR count). The average molecular weight is 413 g/mol. The first-order valence-electron chi connectivity index (χ1n) is 10.2. The van der Waals surface area contributed by atoms with E-state index in [0.717, 1.165) is 23.4 Å². The molecule has 30 heavy (non-hydrogen) atoms. The van der Waals surface area contributed by atoms with E-state index in [9.17, 15) is 9.59 Å². The van der Waals surface area contributed by atoms with Crippen molar-refractivity contribution in [1.82, 2.24) is 20.5 Å². The van der Waals surface area contributed by atoms with Crippen molar-refractivity contribution in [3.63, 3.8) is 0 Å². The molecule has 160 valence electrons. The van der Waals surface area contributed by atoms with Gasteiger partial charge in [-0.2, -0.15) is 5.10 Å². The molecular formula is C21H27N5O4. The van der Waals surface area contributed by atoms with Crippen LogP contribution in [0.25, 0.3) is 0 Å². The first-order valence-corrected chi connectivity index (χ1v) is 10.2. The van der Waals surface area contributed by atoms with Gasteiger partial charge < -0.3 is 20.1 Å². The molecule has 1 amide bonds. The summed E-state index contributed by atoms with van der Waals surface area (Å²) >= 11 is 0. The number of nitrogens with zero attached hydrogens (tertiary/aromatic N) is 2. The number of esters is 1. The molecule has 1 fully saturated rings. The van der Waals surface area contributed by atoms with E-state index in [-0.39, 0.29) is 17.8 Å². The van der Waals surface area contributed by atoms with E-state index in [4.69, 9.17) is 14.5 Å². The highest BCUT2D eigenvalue weighted by Crippen LogP contribution is 2.42. The summed E-state index contributed by atoms with van der Waals surface area (Å²) in [5.74, 6) is 0.969. The number of aromatic amines is 1. The smallest absolute Gasteiger partial charge is 0.338 e. The normalized spacial score (nSPS) is 23.4. The van der Waals surface area contributed by atoms with E-state index in [1.165, 1.54) is 7.11 Å². The third kappa shape index (κ3) is 3.65. The fraction of sp³-hybridized carbons (Fsp3) is 0.524. The van der Waals surface area contributed by atoms with Gasteiger partial charge in [-0.25, -0.2) is 9.78 Å². The van der Waals surface area contributed by atoms with Crippen LogP contribution in [0, 0.1) is 6.92 Å². The van der Waals surface area contributed by atoms with Gasteiger partial charge >= 0.3 is 5.97 Å². The Balaban J connectivity index is 1.65. The number of carbonyl (C=O) groups excluding carboxylic acids is 2. The van der Waals surface area contributed by atoms with Crippen LogP contribution < -0.4 is 10.6 Å². The Bertz CT molecular complexity index is 962. The standard InChI is InChI=1S/C21H27N5O4/c1-12-10-16(26-25-12)23-15-11-14-6-9-22-19(27)17(14)18(24-15)13-4-7-21(30-3,8-5-13)20(28)29-2/h10-11,13H,4-9H2,1-3H3,(H,22,27)(H2,23,24,25,26). The third-order valence-corrected chi connectivity index (χ3v) is 6.13. The lowest BCUT2D eigenvalue weighted by Gasteiger charge is -2.37. The molecule has 0 saturated heterocycles. The summed E-state index contributed by atoms with van der Waals surface area (Å²) in [7, 11) is 2.92. The minimum Gasteiger partial charge on any atom is -0.467 e. The molecule has 2 aromatic heterocycles. The molecule has 2 aromatic rings. The van der Waals surface area contributed by atoms with Crippen LogP contribution in [-0.2, 0) is 20.7 Å².